The van der Waals surface area contributed by atoms with E-state index in [1.807, 2.05) is 24.3 Å². The van der Waals surface area contributed by atoms with Crippen molar-refractivity contribution in [2.24, 2.45) is 0 Å². The first-order valence-electron chi connectivity index (χ1n) is 10.6. The third-order valence-corrected chi connectivity index (χ3v) is 6.67. The molecule has 1 N–H and O–H groups in total. The summed E-state index contributed by atoms with van der Waals surface area (Å²) in [6.45, 7) is 4.73. The summed E-state index contributed by atoms with van der Waals surface area (Å²) in [7, 11) is 1.60. The van der Waals surface area contributed by atoms with Crippen LogP contribution in [-0.4, -0.2) is 42.2 Å². The van der Waals surface area contributed by atoms with Gasteiger partial charge >= 0.3 is 0 Å². The molecule has 0 saturated carbocycles. The number of benzene rings is 2. The van der Waals surface area contributed by atoms with E-state index in [2.05, 4.69) is 12.2 Å². The molecule has 0 aliphatic rings. The van der Waals surface area contributed by atoms with Crippen LogP contribution in [0.25, 0.3) is 0 Å². The van der Waals surface area contributed by atoms with Gasteiger partial charge in [0.05, 0.1) is 12.9 Å². The number of carbonyl (C=O) groups excluding carboxylic acids is 2. The van der Waals surface area contributed by atoms with Gasteiger partial charge in [0.25, 0.3) is 0 Å². The van der Waals surface area contributed by atoms with Gasteiger partial charge in [-0.05, 0) is 48.7 Å². The molecule has 0 heterocycles. The zero-order chi connectivity index (χ0) is 23.5. The van der Waals surface area contributed by atoms with Crippen molar-refractivity contribution in [1.82, 2.24) is 10.2 Å². The molecule has 1 atom stereocenters. The first-order chi connectivity index (χ1) is 15.4. The molecule has 0 bridgehead atoms. The predicted octanol–water partition coefficient (Wildman–Crippen LogP) is 5.57. The standard InChI is InChI=1S/C24H30Cl2N2O3S/c1-4-5-12-27-24(30)17(2)28(14-18-8-6-9-19(13-18)31-3)23(29)16-32-15-20-21(25)10-7-11-22(20)26/h6-11,13,17H,4-5,12,14-16H2,1-3H3,(H,27,30)/t17-/m0/s1. The SMILES string of the molecule is CCCCNC(=O)[C@H](C)N(Cc1cccc(OC)c1)C(=O)CSCc1c(Cl)cccc1Cl. The van der Waals surface area contributed by atoms with Crippen molar-refractivity contribution < 1.29 is 14.3 Å². The van der Waals surface area contributed by atoms with Gasteiger partial charge < -0.3 is 15.0 Å². The van der Waals surface area contributed by atoms with Crippen LogP contribution in [0.1, 0.15) is 37.8 Å². The lowest BCUT2D eigenvalue weighted by Gasteiger charge is -2.29. The molecule has 2 amide bonds. The zero-order valence-electron chi connectivity index (χ0n) is 18.7. The average Bonchev–Trinajstić information content (AvgIpc) is 2.79. The van der Waals surface area contributed by atoms with Crippen LogP contribution in [0.15, 0.2) is 42.5 Å². The number of hydrogen-bond acceptors (Lipinski definition) is 4. The summed E-state index contributed by atoms with van der Waals surface area (Å²) in [6.07, 6.45) is 1.89. The molecular weight excluding hydrogens is 467 g/mol. The summed E-state index contributed by atoms with van der Waals surface area (Å²) >= 11 is 13.9. The summed E-state index contributed by atoms with van der Waals surface area (Å²) in [5, 5.41) is 4.08. The average molecular weight is 497 g/mol. The molecule has 2 rings (SSSR count). The fourth-order valence-electron chi connectivity index (χ4n) is 3.08. The zero-order valence-corrected chi connectivity index (χ0v) is 21.0. The predicted molar refractivity (Wildman–Crippen MR) is 134 cm³/mol. The van der Waals surface area contributed by atoms with Crippen molar-refractivity contribution in [2.45, 2.75) is 45.0 Å². The maximum atomic E-state index is 13.2. The van der Waals surface area contributed by atoms with Crippen LogP contribution >= 0.6 is 35.0 Å². The number of halogens is 2. The molecule has 174 valence electrons. The molecule has 0 aliphatic heterocycles. The number of methoxy groups -OCH3 is 1. The molecule has 5 nitrogen and oxygen atoms in total. The van der Waals surface area contributed by atoms with E-state index in [9.17, 15) is 9.59 Å². The molecule has 2 aromatic rings. The van der Waals surface area contributed by atoms with Crippen LogP contribution in [-0.2, 0) is 21.9 Å². The minimum atomic E-state index is -0.602. The molecular formula is C24H30Cl2N2O3S. The Hall–Kier alpha value is -1.89. The maximum Gasteiger partial charge on any atom is 0.242 e. The first kappa shape index (κ1) is 26.4. The second kappa shape index (κ2) is 13.6. The number of thioether (sulfide) groups is 1. The van der Waals surface area contributed by atoms with E-state index in [1.54, 1.807) is 37.1 Å². The smallest absolute Gasteiger partial charge is 0.242 e. The van der Waals surface area contributed by atoms with Crippen molar-refractivity contribution in [1.29, 1.82) is 0 Å². The number of carbonyl (C=O) groups is 2. The van der Waals surface area contributed by atoms with Crippen LogP contribution in [0.2, 0.25) is 10.0 Å². The highest BCUT2D eigenvalue weighted by atomic mass is 35.5. The Labute approximate surface area is 204 Å². The van der Waals surface area contributed by atoms with Gasteiger partial charge in [0.15, 0.2) is 0 Å². The van der Waals surface area contributed by atoms with Crippen LogP contribution < -0.4 is 10.1 Å². The van der Waals surface area contributed by atoms with E-state index in [1.165, 1.54) is 11.8 Å². The Kier molecular flexibility index (Phi) is 11.2. The Morgan fingerprint density at radius 2 is 1.84 bits per heavy atom. The number of rotatable bonds is 12. The van der Waals surface area contributed by atoms with Crippen molar-refractivity contribution in [3.63, 3.8) is 0 Å². The van der Waals surface area contributed by atoms with Crippen LogP contribution in [0, 0.1) is 0 Å². The highest BCUT2D eigenvalue weighted by Gasteiger charge is 2.26. The summed E-state index contributed by atoms with van der Waals surface area (Å²) in [5.41, 5.74) is 1.70. The third-order valence-electron chi connectivity index (χ3n) is 5.02. The molecule has 0 saturated heterocycles. The van der Waals surface area contributed by atoms with Crippen LogP contribution in [0.4, 0.5) is 0 Å². The van der Waals surface area contributed by atoms with Gasteiger partial charge in [-0.25, -0.2) is 0 Å². The second-order valence-corrected chi connectivity index (χ2v) is 9.19. The van der Waals surface area contributed by atoms with Gasteiger partial charge in [-0.1, -0.05) is 54.7 Å². The molecule has 0 aliphatic carbocycles. The fourth-order valence-corrected chi connectivity index (χ4v) is 4.73. The summed E-state index contributed by atoms with van der Waals surface area (Å²) in [5.74, 6) is 1.14. The quantitative estimate of drug-likeness (QED) is 0.390. The largest absolute Gasteiger partial charge is 0.497 e. The molecule has 0 radical (unpaired) electrons. The monoisotopic (exact) mass is 496 g/mol. The third kappa shape index (κ3) is 7.91. The lowest BCUT2D eigenvalue weighted by molar-refractivity contribution is -0.138. The Morgan fingerprint density at radius 1 is 1.16 bits per heavy atom. The molecule has 8 heteroatoms. The number of unbranched alkanes of at least 4 members (excludes halogenated alkanes) is 1. The fraction of sp³-hybridized carbons (Fsp3) is 0.417. The number of amides is 2. The number of ether oxygens (including phenoxy) is 1. The van der Waals surface area contributed by atoms with Crippen molar-refractivity contribution in [2.75, 3.05) is 19.4 Å². The van der Waals surface area contributed by atoms with Crippen LogP contribution in [0.3, 0.4) is 0 Å². The molecule has 2 aromatic carbocycles. The minimum Gasteiger partial charge on any atom is -0.497 e. The van der Waals surface area contributed by atoms with Crippen molar-refractivity contribution >= 4 is 46.8 Å². The van der Waals surface area contributed by atoms with Gasteiger partial charge in [-0.15, -0.1) is 11.8 Å². The topological polar surface area (TPSA) is 58.6 Å². The van der Waals surface area contributed by atoms with Crippen LogP contribution in [0.5, 0.6) is 5.75 Å². The highest BCUT2D eigenvalue weighted by Crippen LogP contribution is 2.28. The lowest BCUT2D eigenvalue weighted by atomic mass is 10.1. The van der Waals surface area contributed by atoms with Crippen molar-refractivity contribution in [3.8, 4) is 5.75 Å². The van der Waals surface area contributed by atoms with E-state index in [4.69, 9.17) is 27.9 Å². The minimum absolute atomic E-state index is 0.126. The lowest BCUT2D eigenvalue weighted by Crippen LogP contribution is -2.48. The normalized spacial score (nSPS) is 11.7. The van der Waals surface area contributed by atoms with E-state index in [0.29, 0.717) is 34.6 Å². The maximum absolute atomic E-state index is 13.2. The second-order valence-electron chi connectivity index (χ2n) is 7.39. The van der Waals surface area contributed by atoms with Gasteiger partial charge in [0.1, 0.15) is 11.8 Å². The van der Waals surface area contributed by atoms with E-state index in [-0.39, 0.29) is 17.6 Å². The first-order valence-corrected chi connectivity index (χ1v) is 12.5. The van der Waals surface area contributed by atoms with Gasteiger partial charge in [-0.2, -0.15) is 0 Å². The summed E-state index contributed by atoms with van der Waals surface area (Å²) < 4.78 is 5.29. The number of nitrogens with one attached hydrogen (secondary N) is 1. The highest BCUT2D eigenvalue weighted by molar-refractivity contribution is 7.99. The Morgan fingerprint density at radius 3 is 2.50 bits per heavy atom. The molecule has 32 heavy (non-hydrogen) atoms. The van der Waals surface area contributed by atoms with E-state index >= 15 is 0 Å². The van der Waals surface area contributed by atoms with E-state index < -0.39 is 6.04 Å². The van der Waals surface area contributed by atoms with Gasteiger partial charge in [0.2, 0.25) is 11.8 Å². The summed E-state index contributed by atoms with van der Waals surface area (Å²) in [6, 6.07) is 12.3. The molecule has 0 unspecified atom stereocenters. The number of hydrogen-bond donors (Lipinski definition) is 1. The van der Waals surface area contributed by atoms with E-state index in [0.717, 1.165) is 24.0 Å². The number of nitrogens with zero attached hydrogens (tertiary/aromatic N) is 1. The Bertz CT molecular complexity index is 890. The Balaban J connectivity index is 2.10. The van der Waals surface area contributed by atoms with Gasteiger partial charge in [-0.3, -0.25) is 9.59 Å². The molecule has 0 spiro atoms. The van der Waals surface area contributed by atoms with Crippen molar-refractivity contribution in [3.05, 3.63) is 63.6 Å². The van der Waals surface area contributed by atoms with Gasteiger partial charge in [0, 0.05) is 28.9 Å². The molecule has 0 aromatic heterocycles. The molecule has 0 fully saturated rings. The summed E-state index contributed by atoms with van der Waals surface area (Å²) in [4.78, 5) is 27.5.